The van der Waals surface area contributed by atoms with Gasteiger partial charge in [0.05, 0.1) is 11.1 Å². The Kier molecular flexibility index (Phi) is 3.59. The molecule has 2 aromatic carbocycles. The van der Waals surface area contributed by atoms with E-state index in [1.807, 2.05) is 0 Å². The lowest BCUT2D eigenvalue weighted by atomic mass is 10.0. The number of fused-ring (bicyclic) bond motifs is 2. The average Bonchev–Trinajstić information content (AvgIpc) is 2.59. The first-order valence-electron chi connectivity index (χ1n) is 7.65. The molecule has 4 rings (SSSR count). The lowest BCUT2D eigenvalue weighted by Crippen LogP contribution is -2.11. The summed E-state index contributed by atoms with van der Waals surface area (Å²) >= 11 is 0. The van der Waals surface area contributed by atoms with Gasteiger partial charge < -0.3 is 13.9 Å². The normalized spacial score (nSPS) is 12.0. The maximum atomic E-state index is 13.3. The van der Waals surface area contributed by atoms with Gasteiger partial charge in [-0.1, -0.05) is 6.07 Å². The third-order valence-electron chi connectivity index (χ3n) is 4.08. The van der Waals surface area contributed by atoms with Crippen LogP contribution < -0.4 is 11.3 Å². The van der Waals surface area contributed by atoms with Crippen LogP contribution in [-0.2, 0) is 6.18 Å². The topological polar surface area (TPSA) is 80.6 Å². The Morgan fingerprint density at radius 1 is 0.852 bits per heavy atom. The summed E-state index contributed by atoms with van der Waals surface area (Å²) in [5.74, 6) is -0.0889. The van der Waals surface area contributed by atoms with Gasteiger partial charge in [0.2, 0.25) is 0 Å². The molecule has 0 saturated heterocycles. The van der Waals surface area contributed by atoms with Gasteiger partial charge in [-0.05, 0) is 35.9 Å². The van der Waals surface area contributed by atoms with Gasteiger partial charge in [-0.15, -0.1) is 0 Å². The van der Waals surface area contributed by atoms with Gasteiger partial charge in [0.1, 0.15) is 16.9 Å². The summed E-state index contributed by atoms with van der Waals surface area (Å²) in [6.45, 7) is 0. The fraction of sp³-hybridized carbons (Fsp3) is 0.0526. The first-order chi connectivity index (χ1) is 12.7. The van der Waals surface area contributed by atoms with Crippen LogP contribution in [0.2, 0.25) is 0 Å². The van der Waals surface area contributed by atoms with Gasteiger partial charge in [0.25, 0.3) is 0 Å². The second kappa shape index (κ2) is 5.73. The van der Waals surface area contributed by atoms with E-state index in [0.29, 0.717) is 11.5 Å². The van der Waals surface area contributed by atoms with Crippen LogP contribution in [0.25, 0.3) is 33.1 Å². The van der Waals surface area contributed by atoms with Crippen LogP contribution in [0, 0.1) is 0 Å². The van der Waals surface area contributed by atoms with E-state index in [2.05, 4.69) is 0 Å². The maximum absolute atomic E-state index is 13.3. The maximum Gasteiger partial charge on any atom is 0.417 e. The van der Waals surface area contributed by atoms with Crippen LogP contribution in [-0.4, -0.2) is 5.11 Å². The van der Waals surface area contributed by atoms with E-state index < -0.39 is 23.0 Å². The first kappa shape index (κ1) is 16.9. The molecule has 27 heavy (non-hydrogen) atoms. The lowest BCUT2D eigenvalue weighted by Gasteiger charge is -2.10. The Morgan fingerprint density at radius 2 is 1.63 bits per heavy atom. The van der Waals surface area contributed by atoms with Gasteiger partial charge in [-0.2, -0.15) is 13.2 Å². The second-order valence-corrected chi connectivity index (χ2v) is 5.86. The minimum absolute atomic E-state index is 0.0365. The number of benzene rings is 2. The minimum atomic E-state index is -4.77. The Bertz CT molecular complexity index is 1320. The molecule has 0 aliphatic carbocycles. The monoisotopic (exact) mass is 374 g/mol. The molecule has 0 unspecified atom stereocenters. The summed E-state index contributed by atoms with van der Waals surface area (Å²) in [6, 6.07) is 9.68. The van der Waals surface area contributed by atoms with Crippen molar-refractivity contribution >= 4 is 21.9 Å². The molecule has 0 aliphatic heterocycles. The Labute approximate surface area is 147 Å². The lowest BCUT2D eigenvalue weighted by molar-refractivity contribution is -0.136. The molecule has 1 N–H and O–H groups in total. The summed E-state index contributed by atoms with van der Waals surface area (Å²) in [7, 11) is 0. The first-order valence-corrected chi connectivity index (χ1v) is 7.65. The highest BCUT2D eigenvalue weighted by atomic mass is 19.4. The Hall–Kier alpha value is -3.55. The molecule has 0 radical (unpaired) electrons. The molecule has 4 aromatic rings. The van der Waals surface area contributed by atoms with E-state index in [1.165, 1.54) is 36.4 Å². The highest BCUT2D eigenvalue weighted by molar-refractivity contribution is 5.88. The van der Waals surface area contributed by atoms with E-state index >= 15 is 0 Å². The van der Waals surface area contributed by atoms with Gasteiger partial charge in [-0.3, -0.25) is 0 Å². The predicted octanol–water partition coefficient (Wildman–Crippen LogP) is 4.29. The molecule has 0 amide bonds. The molecule has 0 spiro atoms. The summed E-state index contributed by atoms with van der Waals surface area (Å²) in [5, 5.41) is 9.59. The number of aromatic hydroxyl groups is 1. The summed E-state index contributed by atoms with van der Waals surface area (Å²) in [5.41, 5.74) is -2.93. The number of phenols is 1. The van der Waals surface area contributed by atoms with Crippen LogP contribution in [0.4, 0.5) is 13.2 Å². The van der Waals surface area contributed by atoms with Crippen molar-refractivity contribution in [2.75, 3.05) is 0 Å². The number of alkyl halides is 3. The van der Waals surface area contributed by atoms with Crippen molar-refractivity contribution in [2.45, 2.75) is 6.18 Å². The van der Waals surface area contributed by atoms with Crippen LogP contribution in [0.15, 0.2) is 67.0 Å². The second-order valence-electron chi connectivity index (χ2n) is 5.86. The van der Waals surface area contributed by atoms with Gasteiger partial charge in [0, 0.05) is 22.9 Å². The summed E-state index contributed by atoms with van der Waals surface area (Å²) < 4.78 is 49.8. The average molecular weight is 374 g/mol. The molecule has 5 nitrogen and oxygen atoms in total. The van der Waals surface area contributed by atoms with Crippen LogP contribution in [0.3, 0.4) is 0 Å². The van der Waals surface area contributed by atoms with Gasteiger partial charge in [0.15, 0.2) is 0 Å². The number of phenolic OH excluding ortho intramolecular Hbond substituents is 1. The third-order valence-corrected chi connectivity index (χ3v) is 4.08. The van der Waals surface area contributed by atoms with Crippen molar-refractivity contribution in [3.8, 4) is 16.9 Å². The zero-order valence-electron chi connectivity index (χ0n) is 13.3. The number of hydrogen-bond acceptors (Lipinski definition) is 5. The van der Waals surface area contributed by atoms with Crippen molar-refractivity contribution in [3.05, 3.63) is 74.9 Å². The van der Waals surface area contributed by atoms with Crippen LogP contribution in [0.5, 0.6) is 5.75 Å². The van der Waals surface area contributed by atoms with E-state index in [4.69, 9.17) is 8.83 Å². The van der Waals surface area contributed by atoms with Gasteiger partial charge in [-0.25, -0.2) is 9.59 Å². The summed E-state index contributed by atoms with van der Waals surface area (Å²) in [6.07, 6.45) is -4.77. The SMILES string of the molecule is O=c1cc(C(F)(F)F)c2cc(-c3cc4ccc(O)cc4oc3=O)ccc2o1. The fourth-order valence-corrected chi connectivity index (χ4v) is 2.87. The van der Waals surface area contributed by atoms with Crippen molar-refractivity contribution in [1.82, 2.24) is 0 Å². The van der Waals surface area contributed by atoms with E-state index in [9.17, 15) is 27.9 Å². The molecular formula is C19H9F3O5. The Balaban J connectivity index is 2.00. The molecule has 0 bridgehead atoms. The van der Waals surface area contributed by atoms with Crippen molar-refractivity contribution in [1.29, 1.82) is 0 Å². The van der Waals surface area contributed by atoms with Crippen LogP contribution >= 0.6 is 0 Å². The fourth-order valence-electron chi connectivity index (χ4n) is 2.87. The molecular weight excluding hydrogens is 365 g/mol. The van der Waals surface area contributed by atoms with E-state index in [-0.39, 0.29) is 33.4 Å². The molecule has 0 saturated carbocycles. The molecule has 0 atom stereocenters. The molecule has 0 aliphatic rings. The zero-order chi connectivity index (χ0) is 19.3. The van der Waals surface area contributed by atoms with Gasteiger partial charge >= 0.3 is 17.4 Å². The third kappa shape index (κ3) is 2.95. The molecule has 2 aromatic heterocycles. The summed E-state index contributed by atoms with van der Waals surface area (Å²) in [4.78, 5) is 23.7. The van der Waals surface area contributed by atoms with E-state index in [0.717, 1.165) is 6.07 Å². The number of rotatable bonds is 1. The van der Waals surface area contributed by atoms with Crippen LogP contribution in [0.1, 0.15) is 5.56 Å². The quantitative estimate of drug-likeness (QED) is 0.503. The van der Waals surface area contributed by atoms with Crippen molar-refractivity contribution in [2.24, 2.45) is 0 Å². The van der Waals surface area contributed by atoms with E-state index in [1.54, 1.807) is 0 Å². The number of halogens is 3. The highest BCUT2D eigenvalue weighted by Crippen LogP contribution is 2.35. The standard InChI is InChI=1S/C19H9F3O5/c20-19(21,22)14-8-17(24)26-15-4-2-9(5-13(14)15)12-6-10-1-3-11(23)7-16(10)27-18(12)25/h1-8,23H. The zero-order valence-corrected chi connectivity index (χ0v) is 13.3. The number of hydrogen-bond donors (Lipinski definition) is 1. The molecule has 136 valence electrons. The molecule has 8 heteroatoms. The molecule has 0 fully saturated rings. The largest absolute Gasteiger partial charge is 0.508 e. The molecule has 2 heterocycles. The smallest absolute Gasteiger partial charge is 0.417 e. The Morgan fingerprint density at radius 3 is 2.37 bits per heavy atom. The van der Waals surface area contributed by atoms with Crippen molar-refractivity contribution < 1.29 is 27.1 Å². The highest BCUT2D eigenvalue weighted by Gasteiger charge is 2.34. The van der Waals surface area contributed by atoms with Crippen molar-refractivity contribution in [3.63, 3.8) is 0 Å². The predicted molar refractivity (Wildman–Crippen MR) is 90.6 cm³/mol. The minimum Gasteiger partial charge on any atom is -0.508 e.